The number of nitrogens with zero attached hydrogens (tertiary/aromatic N) is 4. The lowest BCUT2D eigenvalue weighted by Crippen LogP contribution is -2.58. The van der Waals surface area contributed by atoms with E-state index >= 15 is 8.78 Å². The molecule has 2 fully saturated rings. The molecule has 0 radical (unpaired) electrons. The van der Waals surface area contributed by atoms with Gasteiger partial charge in [0.05, 0.1) is 16.6 Å². The van der Waals surface area contributed by atoms with Gasteiger partial charge in [-0.05, 0) is 117 Å². The van der Waals surface area contributed by atoms with E-state index in [1.807, 2.05) is 6.07 Å². The minimum absolute atomic E-state index is 0.0356. The second-order valence-electron chi connectivity index (χ2n) is 22.2. The highest BCUT2D eigenvalue weighted by Crippen LogP contribution is 2.63. The van der Waals surface area contributed by atoms with Crippen LogP contribution in [0.3, 0.4) is 0 Å². The number of benzene rings is 3. The first-order valence-electron chi connectivity index (χ1n) is 26.1. The second kappa shape index (κ2) is 23.4. The number of nitrogens with one attached hydrogen (secondary N) is 2. The largest absolute Gasteiger partial charge is 0.464 e. The molecule has 3 aromatic carbocycles. The zero-order chi connectivity index (χ0) is 58.1. The van der Waals surface area contributed by atoms with Crippen LogP contribution in [0.4, 0.5) is 14.5 Å². The second-order valence-corrected chi connectivity index (χ2v) is 25.1. The highest BCUT2D eigenvalue weighted by atomic mass is 32.1. The molecule has 80 heavy (non-hydrogen) atoms. The van der Waals surface area contributed by atoms with E-state index in [4.69, 9.17) is 9.15 Å². The molecule has 424 valence electrons. The maximum atomic E-state index is 15.5. The molecule has 23 heteroatoms. The average Bonchev–Trinajstić information content (AvgIpc) is 4.24. The van der Waals surface area contributed by atoms with Gasteiger partial charge in [-0.3, -0.25) is 52.8 Å². The van der Waals surface area contributed by atoms with E-state index in [1.165, 1.54) is 53.9 Å². The number of carbonyl (C=O) groups excluding carboxylic acids is 8. The van der Waals surface area contributed by atoms with Crippen LogP contribution in [0.15, 0.2) is 77.4 Å². The molecule has 5 heterocycles. The van der Waals surface area contributed by atoms with E-state index in [-0.39, 0.29) is 66.9 Å². The molecule has 8 rings (SSSR count). The van der Waals surface area contributed by atoms with E-state index in [0.717, 1.165) is 23.5 Å². The topological polar surface area (TPSA) is 242 Å². The Kier molecular flexibility index (Phi) is 17.2. The molecular formula is C57H63F2N6O13PS. The predicted octanol–water partition coefficient (Wildman–Crippen LogP) is 8.06. The molecule has 2 aromatic heterocycles. The van der Waals surface area contributed by atoms with Gasteiger partial charge in [-0.1, -0.05) is 44.7 Å². The minimum Gasteiger partial charge on any atom is -0.464 e. The molecule has 0 aliphatic carbocycles. The lowest BCUT2D eigenvalue weighted by atomic mass is 9.85. The number of esters is 1. The summed E-state index contributed by atoms with van der Waals surface area (Å²) < 4.78 is 59.1. The number of imide groups is 1. The van der Waals surface area contributed by atoms with Crippen LogP contribution in [0, 0.1) is 22.7 Å². The lowest BCUT2D eigenvalue weighted by Gasteiger charge is -2.36. The standard InChI is InChI=1S/C57H63F2N6O13PS/c1-55(2,3)48(61-50(69)45-31-36-29-37(17-21-44(36)80-45)57(58,59)79(74,75)78-33-77-54(73)56(4,5)6)53(72)64-26-12-16-42(64)52(71)63(38-18-20-43-35(30-38)24-28-76-43)27-23-47(67)62(7)25-10-8-9-13-34-14-11-15-39-40(34)32-65(51(39)70)41-19-22-46(66)60-49(41)68/h11,14-15,17-18,20-21,24,28-31,41-42,48H,8,10,12,16,19,22-23,25-27,32-33H2,1-7H3,(H,61,69)(H,74,75)(H,60,66,68)/t41?,42-,48?/m0/s1. The van der Waals surface area contributed by atoms with Gasteiger partial charge in [0.15, 0.2) is 0 Å². The molecular weight excluding hydrogens is 1080 g/mol. The van der Waals surface area contributed by atoms with Crippen LogP contribution in [0.25, 0.3) is 21.1 Å². The van der Waals surface area contributed by atoms with Crippen molar-refractivity contribution < 1.29 is 70.3 Å². The Balaban J connectivity index is 0.910. The summed E-state index contributed by atoms with van der Waals surface area (Å²) in [6, 6.07) is 13.7. The third-order valence-electron chi connectivity index (χ3n) is 14.3. The first kappa shape index (κ1) is 58.8. The number of unbranched alkanes of at least 4 members (excludes halogenated alkanes) is 1. The number of piperidine rings is 1. The van der Waals surface area contributed by atoms with Crippen molar-refractivity contribution in [2.75, 3.05) is 38.4 Å². The van der Waals surface area contributed by atoms with E-state index in [2.05, 4.69) is 27.0 Å². The molecule has 19 nitrogen and oxygen atoms in total. The van der Waals surface area contributed by atoms with Crippen LogP contribution in [-0.4, -0.2) is 119 Å². The van der Waals surface area contributed by atoms with Crippen LogP contribution in [0.1, 0.15) is 123 Å². The Morgan fingerprint density at radius 1 is 0.975 bits per heavy atom. The fraction of sp³-hybridized carbons (Fsp3) is 0.439. The van der Waals surface area contributed by atoms with E-state index < -0.39 is 84.2 Å². The first-order valence-corrected chi connectivity index (χ1v) is 28.5. The summed E-state index contributed by atoms with van der Waals surface area (Å²) in [4.78, 5) is 123. The molecule has 3 unspecified atom stereocenters. The zero-order valence-corrected chi connectivity index (χ0v) is 47.1. The summed E-state index contributed by atoms with van der Waals surface area (Å²) in [6.45, 7) is 9.29. The molecule has 7 amide bonds. The average molecular weight is 1140 g/mol. The lowest BCUT2D eigenvalue weighted by molar-refractivity contribution is -0.160. The van der Waals surface area contributed by atoms with Gasteiger partial charge in [-0.15, -0.1) is 11.3 Å². The monoisotopic (exact) mass is 1140 g/mol. The van der Waals surface area contributed by atoms with Crippen LogP contribution < -0.4 is 15.5 Å². The number of alkyl halides is 2. The highest BCUT2D eigenvalue weighted by molar-refractivity contribution is 7.53. The van der Waals surface area contributed by atoms with Gasteiger partial charge in [0.1, 0.15) is 23.7 Å². The van der Waals surface area contributed by atoms with Crippen molar-refractivity contribution in [2.45, 2.75) is 117 Å². The van der Waals surface area contributed by atoms with Gasteiger partial charge in [0, 0.05) is 85.0 Å². The number of hydrogen-bond donors (Lipinski definition) is 3. The molecule has 0 bridgehead atoms. The number of amides is 7. The minimum atomic E-state index is -5.75. The molecule has 5 aromatic rings. The maximum absolute atomic E-state index is 15.5. The van der Waals surface area contributed by atoms with Crippen LogP contribution >= 0.6 is 18.9 Å². The van der Waals surface area contributed by atoms with Gasteiger partial charge in [-0.2, -0.15) is 8.78 Å². The molecule has 0 spiro atoms. The van der Waals surface area contributed by atoms with Gasteiger partial charge in [-0.25, -0.2) is 0 Å². The number of ether oxygens (including phenoxy) is 1. The van der Waals surface area contributed by atoms with Gasteiger partial charge < -0.3 is 39.0 Å². The molecule has 0 saturated carbocycles. The number of carbonyl (C=O) groups is 8. The SMILES string of the molecule is CN(CCCC#Cc1cccc2c1CN(C1CCC(=O)NC1=O)C2=O)C(=O)CCN(C(=O)[C@@H]1CCCN1C(=O)C(NC(=O)c1cc2cc(C(F)(F)P(=O)(O)OCOC(=O)C(C)(C)C)ccc2s1)C(C)(C)C)c1ccc2occc2c1. The first-order chi connectivity index (χ1) is 37.7. The third kappa shape index (κ3) is 12.7. The highest BCUT2D eigenvalue weighted by Gasteiger charge is 2.53. The number of furan rings is 1. The van der Waals surface area contributed by atoms with Crippen LogP contribution in [0.2, 0.25) is 0 Å². The molecule has 3 N–H and O–H groups in total. The number of likely N-dealkylation sites (tertiary alicyclic amines) is 1. The quantitative estimate of drug-likeness (QED) is 0.0200. The van der Waals surface area contributed by atoms with Gasteiger partial charge in [0.2, 0.25) is 36.3 Å². The number of fused-ring (bicyclic) bond motifs is 3. The summed E-state index contributed by atoms with van der Waals surface area (Å²) in [5, 5.41) is 5.99. The van der Waals surface area contributed by atoms with Crippen molar-refractivity contribution in [1.82, 2.24) is 25.3 Å². The zero-order valence-electron chi connectivity index (χ0n) is 45.4. The van der Waals surface area contributed by atoms with Crippen LogP contribution in [0.5, 0.6) is 0 Å². The fourth-order valence-electron chi connectivity index (χ4n) is 9.71. The van der Waals surface area contributed by atoms with Crippen molar-refractivity contribution in [1.29, 1.82) is 0 Å². The van der Waals surface area contributed by atoms with Gasteiger partial charge in [0.25, 0.3) is 11.8 Å². The Morgan fingerprint density at radius 3 is 2.46 bits per heavy atom. The molecule has 4 atom stereocenters. The maximum Gasteiger partial charge on any atom is 0.404 e. The Hall–Kier alpha value is -7.31. The normalized spacial score (nSPS) is 17.8. The van der Waals surface area contributed by atoms with Crippen molar-refractivity contribution >= 4 is 93.0 Å². The van der Waals surface area contributed by atoms with E-state index in [9.17, 15) is 47.8 Å². The Bertz CT molecular complexity index is 3410. The number of anilines is 1. The van der Waals surface area contributed by atoms with Crippen LogP contribution in [-0.2, 0) is 54.8 Å². The number of hydrogen-bond acceptors (Lipinski definition) is 13. The van der Waals surface area contributed by atoms with Crippen molar-refractivity contribution in [3.05, 3.63) is 100 Å². The summed E-state index contributed by atoms with van der Waals surface area (Å²) in [5.74, 6) is 2.41. The van der Waals surface area contributed by atoms with Crippen molar-refractivity contribution in [3.63, 3.8) is 0 Å². The number of rotatable bonds is 17. The third-order valence-corrected chi connectivity index (χ3v) is 16.8. The Morgan fingerprint density at radius 2 is 1.74 bits per heavy atom. The molecule has 3 aliphatic rings. The number of thiophene rings is 1. The summed E-state index contributed by atoms with van der Waals surface area (Å²) in [7, 11) is -4.09. The summed E-state index contributed by atoms with van der Waals surface area (Å²) >= 11 is 0.945. The summed E-state index contributed by atoms with van der Waals surface area (Å²) in [5.41, 5.74) is -4.37. The Labute approximate surface area is 464 Å². The summed E-state index contributed by atoms with van der Waals surface area (Å²) in [6.07, 6.45) is 3.55. The van der Waals surface area contributed by atoms with Crippen molar-refractivity contribution in [3.8, 4) is 11.8 Å². The van der Waals surface area contributed by atoms with Gasteiger partial charge >= 0.3 is 19.2 Å². The number of halogens is 2. The molecule has 3 aliphatic heterocycles. The van der Waals surface area contributed by atoms with E-state index in [1.54, 1.807) is 69.1 Å². The smallest absolute Gasteiger partial charge is 0.404 e. The fourth-order valence-corrected chi connectivity index (χ4v) is 11.5. The predicted molar refractivity (Wildman–Crippen MR) is 292 cm³/mol. The molecule has 2 saturated heterocycles. The van der Waals surface area contributed by atoms with E-state index in [0.29, 0.717) is 70.3 Å². The van der Waals surface area contributed by atoms with Crippen molar-refractivity contribution in [2.24, 2.45) is 10.8 Å².